The molecule has 16 heavy (non-hydrogen) atoms. The van der Waals surface area contributed by atoms with Gasteiger partial charge in [-0.1, -0.05) is 17.7 Å². The van der Waals surface area contributed by atoms with Crippen molar-refractivity contribution in [3.63, 3.8) is 0 Å². The fraction of sp³-hybridized carbons (Fsp3) is 0.500. The van der Waals surface area contributed by atoms with Crippen molar-refractivity contribution in [2.75, 3.05) is 13.7 Å². The maximum absolute atomic E-state index is 9.56. The van der Waals surface area contributed by atoms with E-state index in [2.05, 4.69) is 5.32 Å². The van der Waals surface area contributed by atoms with Crippen LogP contribution < -0.4 is 10.1 Å². The van der Waals surface area contributed by atoms with E-state index in [-0.39, 0.29) is 0 Å². The number of aliphatic hydroxyl groups is 1. The summed E-state index contributed by atoms with van der Waals surface area (Å²) in [6, 6.07) is 5.54. The first-order valence-electron chi connectivity index (χ1n) is 5.18. The Morgan fingerprint density at radius 1 is 1.44 bits per heavy atom. The van der Waals surface area contributed by atoms with Gasteiger partial charge in [0.2, 0.25) is 0 Å². The summed E-state index contributed by atoms with van der Waals surface area (Å²) >= 11 is 6.08. The van der Waals surface area contributed by atoms with Crippen molar-refractivity contribution in [3.05, 3.63) is 28.8 Å². The third-order valence-corrected chi connectivity index (χ3v) is 2.51. The van der Waals surface area contributed by atoms with Gasteiger partial charge >= 0.3 is 0 Å². The van der Waals surface area contributed by atoms with Crippen LogP contribution in [0.25, 0.3) is 0 Å². The molecule has 1 aromatic carbocycles. The molecule has 0 fully saturated rings. The van der Waals surface area contributed by atoms with Gasteiger partial charge in [0, 0.05) is 23.7 Å². The highest BCUT2D eigenvalue weighted by Gasteiger charge is 2.13. The Morgan fingerprint density at radius 2 is 2.12 bits per heavy atom. The predicted octanol–water partition coefficient (Wildman–Crippen LogP) is 2.21. The molecule has 0 aliphatic heterocycles. The lowest BCUT2D eigenvalue weighted by Gasteiger charge is -2.18. The van der Waals surface area contributed by atoms with Gasteiger partial charge in [-0.3, -0.25) is 0 Å². The molecule has 2 N–H and O–H groups in total. The minimum Gasteiger partial charge on any atom is -0.496 e. The summed E-state index contributed by atoms with van der Waals surface area (Å²) in [6.07, 6.45) is 0. The lowest BCUT2D eigenvalue weighted by Crippen LogP contribution is -2.34. The third-order valence-electron chi connectivity index (χ3n) is 2.16. The molecular formula is C12H18ClNO2. The minimum atomic E-state index is -0.728. The van der Waals surface area contributed by atoms with Crippen molar-refractivity contribution in [3.8, 4) is 5.75 Å². The van der Waals surface area contributed by atoms with Gasteiger partial charge in [0.25, 0.3) is 0 Å². The van der Waals surface area contributed by atoms with E-state index in [4.69, 9.17) is 16.3 Å². The number of hydrogen-bond donors (Lipinski definition) is 2. The molecule has 3 nitrogen and oxygen atoms in total. The average Bonchev–Trinajstić information content (AvgIpc) is 2.18. The van der Waals surface area contributed by atoms with Gasteiger partial charge in [-0.05, 0) is 26.0 Å². The van der Waals surface area contributed by atoms with E-state index < -0.39 is 5.60 Å². The summed E-state index contributed by atoms with van der Waals surface area (Å²) in [6.45, 7) is 4.59. The van der Waals surface area contributed by atoms with Crippen LogP contribution in [0.3, 0.4) is 0 Å². The van der Waals surface area contributed by atoms with Crippen LogP contribution in [0.15, 0.2) is 18.2 Å². The second-order valence-electron chi connectivity index (χ2n) is 4.34. The zero-order chi connectivity index (χ0) is 12.2. The van der Waals surface area contributed by atoms with Crippen LogP contribution >= 0.6 is 11.6 Å². The Balaban J connectivity index is 2.66. The largest absolute Gasteiger partial charge is 0.496 e. The Labute approximate surface area is 101 Å². The number of rotatable bonds is 5. The highest BCUT2D eigenvalue weighted by Crippen LogP contribution is 2.25. The van der Waals surface area contributed by atoms with E-state index in [1.165, 1.54) is 0 Å². The van der Waals surface area contributed by atoms with Crippen molar-refractivity contribution in [2.24, 2.45) is 0 Å². The van der Waals surface area contributed by atoms with Crippen LogP contribution in [-0.2, 0) is 6.54 Å². The van der Waals surface area contributed by atoms with Crippen molar-refractivity contribution < 1.29 is 9.84 Å². The first-order valence-corrected chi connectivity index (χ1v) is 5.56. The second-order valence-corrected chi connectivity index (χ2v) is 4.74. The van der Waals surface area contributed by atoms with Crippen LogP contribution in [0.1, 0.15) is 19.4 Å². The fourth-order valence-electron chi connectivity index (χ4n) is 1.40. The first-order chi connectivity index (χ1) is 7.44. The standard InChI is InChI=1S/C12H18ClNO2/c1-12(2,15)8-14-7-9-10(13)5-4-6-11(9)16-3/h4-6,14-15H,7-8H2,1-3H3. The zero-order valence-corrected chi connectivity index (χ0v) is 10.6. The maximum atomic E-state index is 9.56. The number of benzene rings is 1. The molecule has 0 atom stereocenters. The van der Waals surface area contributed by atoms with E-state index in [1.807, 2.05) is 18.2 Å². The first kappa shape index (κ1) is 13.3. The maximum Gasteiger partial charge on any atom is 0.124 e. The molecule has 0 amide bonds. The summed E-state index contributed by atoms with van der Waals surface area (Å²) in [5, 5.41) is 13.4. The van der Waals surface area contributed by atoms with E-state index in [0.717, 1.165) is 11.3 Å². The number of halogens is 1. The Bertz CT molecular complexity index is 347. The second kappa shape index (κ2) is 5.53. The van der Waals surface area contributed by atoms with Crippen molar-refractivity contribution >= 4 is 11.6 Å². The molecule has 0 bridgehead atoms. The lowest BCUT2D eigenvalue weighted by molar-refractivity contribution is 0.0794. The highest BCUT2D eigenvalue weighted by atomic mass is 35.5. The van der Waals surface area contributed by atoms with Gasteiger partial charge < -0.3 is 15.2 Å². The molecular weight excluding hydrogens is 226 g/mol. The molecule has 0 aromatic heterocycles. The molecule has 0 aliphatic rings. The van der Waals surface area contributed by atoms with Gasteiger partial charge in [0.05, 0.1) is 12.7 Å². The SMILES string of the molecule is COc1cccc(Cl)c1CNCC(C)(C)O. The van der Waals surface area contributed by atoms with Crippen LogP contribution in [0, 0.1) is 0 Å². The fourth-order valence-corrected chi connectivity index (χ4v) is 1.63. The van der Waals surface area contributed by atoms with Gasteiger partial charge in [-0.15, -0.1) is 0 Å². The van der Waals surface area contributed by atoms with Crippen LogP contribution in [-0.4, -0.2) is 24.4 Å². The quantitative estimate of drug-likeness (QED) is 0.833. The molecule has 1 rings (SSSR count). The van der Waals surface area contributed by atoms with Crippen molar-refractivity contribution in [1.29, 1.82) is 0 Å². The molecule has 0 saturated heterocycles. The lowest BCUT2D eigenvalue weighted by atomic mass is 10.1. The summed E-state index contributed by atoms with van der Waals surface area (Å²) in [7, 11) is 1.62. The van der Waals surface area contributed by atoms with Gasteiger partial charge in [0.1, 0.15) is 5.75 Å². The smallest absolute Gasteiger partial charge is 0.124 e. The molecule has 1 aromatic rings. The number of methoxy groups -OCH3 is 1. The van der Waals surface area contributed by atoms with E-state index in [0.29, 0.717) is 18.1 Å². The molecule has 90 valence electrons. The van der Waals surface area contributed by atoms with Crippen LogP contribution in [0.4, 0.5) is 0 Å². The number of ether oxygens (including phenoxy) is 1. The molecule has 4 heteroatoms. The molecule has 0 aliphatic carbocycles. The molecule has 0 unspecified atom stereocenters. The highest BCUT2D eigenvalue weighted by molar-refractivity contribution is 6.31. The summed E-state index contributed by atoms with van der Waals surface area (Å²) in [5.41, 5.74) is 0.185. The van der Waals surface area contributed by atoms with Gasteiger partial charge in [0.15, 0.2) is 0 Å². The molecule has 0 heterocycles. The average molecular weight is 244 g/mol. The Morgan fingerprint density at radius 3 is 2.69 bits per heavy atom. The monoisotopic (exact) mass is 243 g/mol. The number of hydrogen-bond acceptors (Lipinski definition) is 3. The van der Waals surface area contributed by atoms with E-state index >= 15 is 0 Å². The van der Waals surface area contributed by atoms with Gasteiger partial charge in [-0.2, -0.15) is 0 Å². The Kier molecular flexibility index (Phi) is 4.59. The molecule has 0 spiro atoms. The molecule has 0 radical (unpaired) electrons. The van der Waals surface area contributed by atoms with E-state index in [1.54, 1.807) is 21.0 Å². The summed E-state index contributed by atoms with van der Waals surface area (Å²) < 4.78 is 5.22. The van der Waals surface area contributed by atoms with Crippen LogP contribution in [0.2, 0.25) is 5.02 Å². The molecule has 0 saturated carbocycles. The van der Waals surface area contributed by atoms with Crippen LogP contribution in [0.5, 0.6) is 5.75 Å². The summed E-state index contributed by atoms with van der Waals surface area (Å²) in [4.78, 5) is 0. The normalized spacial score (nSPS) is 11.6. The summed E-state index contributed by atoms with van der Waals surface area (Å²) in [5.74, 6) is 0.760. The predicted molar refractivity (Wildman–Crippen MR) is 66.0 cm³/mol. The zero-order valence-electron chi connectivity index (χ0n) is 9.88. The van der Waals surface area contributed by atoms with E-state index in [9.17, 15) is 5.11 Å². The topological polar surface area (TPSA) is 41.5 Å². The Hall–Kier alpha value is -0.770. The minimum absolute atomic E-state index is 0.501. The third kappa shape index (κ3) is 4.00. The van der Waals surface area contributed by atoms with Gasteiger partial charge in [-0.25, -0.2) is 0 Å². The van der Waals surface area contributed by atoms with Crippen molar-refractivity contribution in [1.82, 2.24) is 5.32 Å². The number of nitrogens with one attached hydrogen (secondary N) is 1. The van der Waals surface area contributed by atoms with Crippen molar-refractivity contribution in [2.45, 2.75) is 26.0 Å².